The van der Waals surface area contributed by atoms with Gasteiger partial charge in [0.05, 0.1) is 24.8 Å². The number of aliphatic hydroxyl groups is 2. The molecule has 1 saturated carbocycles. The van der Waals surface area contributed by atoms with Gasteiger partial charge in [0.15, 0.2) is 0 Å². The summed E-state index contributed by atoms with van der Waals surface area (Å²) in [5.74, 6) is -0.605. The number of nitriles is 1. The summed E-state index contributed by atoms with van der Waals surface area (Å²) < 4.78 is 0. The number of hydrogen-bond acceptors (Lipinski definition) is 5. The molecule has 1 saturated heterocycles. The van der Waals surface area contributed by atoms with Crippen molar-refractivity contribution < 1.29 is 15.0 Å². The van der Waals surface area contributed by atoms with Gasteiger partial charge in [-0.3, -0.25) is 10.1 Å². The first-order valence-corrected chi connectivity index (χ1v) is 13.0. The molecule has 0 radical (unpaired) electrons. The Hall–Kier alpha value is -2.43. The minimum Gasteiger partial charge on any atom is -0.394 e. The predicted octanol–water partition coefficient (Wildman–Crippen LogP) is 3.69. The van der Waals surface area contributed by atoms with Crippen molar-refractivity contribution in [3.05, 3.63) is 70.2 Å². The lowest BCUT2D eigenvalue weighted by molar-refractivity contribution is -0.123. The van der Waals surface area contributed by atoms with E-state index in [1.54, 1.807) is 0 Å². The number of benzene rings is 2. The fourth-order valence-corrected chi connectivity index (χ4v) is 6.47. The number of carbonyl (C=O) groups excluding carboxylic acids is 1. The van der Waals surface area contributed by atoms with Crippen LogP contribution in [0.3, 0.4) is 0 Å². The molecule has 2 aliphatic rings. The van der Waals surface area contributed by atoms with E-state index in [-0.39, 0.29) is 23.8 Å². The van der Waals surface area contributed by atoms with Crippen LogP contribution in [0.15, 0.2) is 48.5 Å². The maximum atomic E-state index is 13.7. The molecule has 0 aromatic heterocycles. The highest BCUT2D eigenvalue weighted by Crippen LogP contribution is 2.69. The monoisotopic (exact) mass is 509 g/mol. The van der Waals surface area contributed by atoms with E-state index >= 15 is 0 Å². The fourth-order valence-electron chi connectivity index (χ4n) is 6.35. The van der Waals surface area contributed by atoms with Crippen molar-refractivity contribution in [1.29, 1.82) is 5.26 Å². The highest BCUT2D eigenvalue weighted by molar-refractivity contribution is 6.30. The summed E-state index contributed by atoms with van der Waals surface area (Å²) in [5.41, 5.74) is 1.17. The van der Waals surface area contributed by atoms with Crippen molar-refractivity contribution in [2.75, 3.05) is 13.2 Å². The van der Waals surface area contributed by atoms with Crippen molar-refractivity contribution in [1.82, 2.24) is 10.6 Å². The quantitative estimate of drug-likeness (QED) is 0.455. The zero-order valence-electron chi connectivity index (χ0n) is 21.4. The Morgan fingerprint density at radius 1 is 1.28 bits per heavy atom. The average molecular weight is 510 g/mol. The van der Waals surface area contributed by atoms with Crippen LogP contribution in [0.2, 0.25) is 5.02 Å². The van der Waals surface area contributed by atoms with Crippen molar-refractivity contribution in [3.63, 3.8) is 0 Å². The Bertz CT molecular complexity index is 1160. The minimum atomic E-state index is -1.05. The van der Waals surface area contributed by atoms with Crippen LogP contribution in [0.5, 0.6) is 0 Å². The Labute approximate surface area is 218 Å². The standard InChI is InChI=1S/C29H36ClN3O3/c1-5-18-7-6-8-19(13-18)24-25(26(36)32-15-22(35)16-34)33-29(14-23(29)27(2,3)4)28(24,17-31)20-9-11-21(30)12-10-20/h6-13,22-25,33-35H,5,14-16H2,1-4H3,(H,32,36)/t22-,23?,24-,25+,28+,29?/m0/s1. The maximum absolute atomic E-state index is 13.7. The molecule has 4 N–H and O–H groups in total. The van der Waals surface area contributed by atoms with Crippen LogP contribution in [0, 0.1) is 22.7 Å². The van der Waals surface area contributed by atoms with Gasteiger partial charge in [0, 0.05) is 23.0 Å². The molecule has 1 aliphatic heterocycles. The summed E-state index contributed by atoms with van der Waals surface area (Å²) in [5, 5.41) is 37.3. The molecule has 6 atom stereocenters. The molecule has 1 spiro atoms. The second-order valence-corrected chi connectivity index (χ2v) is 11.7. The molecule has 6 nitrogen and oxygen atoms in total. The number of aliphatic hydroxyl groups excluding tert-OH is 2. The van der Waals surface area contributed by atoms with Crippen LogP contribution in [0.1, 0.15) is 56.7 Å². The summed E-state index contributed by atoms with van der Waals surface area (Å²) in [4.78, 5) is 13.7. The third kappa shape index (κ3) is 4.33. The van der Waals surface area contributed by atoms with Gasteiger partial charge in [-0.2, -0.15) is 5.26 Å². The first kappa shape index (κ1) is 26.6. The van der Waals surface area contributed by atoms with Crippen LogP contribution < -0.4 is 10.6 Å². The van der Waals surface area contributed by atoms with Gasteiger partial charge < -0.3 is 15.5 Å². The Kier molecular flexibility index (Phi) is 7.24. The Balaban J connectivity index is 1.93. The molecule has 2 aromatic rings. The van der Waals surface area contributed by atoms with Crippen LogP contribution in [-0.2, 0) is 16.6 Å². The number of hydrogen-bond donors (Lipinski definition) is 4. The largest absolute Gasteiger partial charge is 0.394 e. The van der Waals surface area contributed by atoms with E-state index < -0.39 is 35.6 Å². The van der Waals surface area contributed by atoms with Gasteiger partial charge in [-0.25, -0.2) is 0 Å². The zero-order chi connectivity index (χ0) is 26.3. The van der Waals surface area contributed by atoms with Gasteiger partial charge in [-0.15, -0.1) is 0 Å². The van der Waals surface area contributed by atoms with Crippen LogP contribution in [0.25, 0.3) is 0 Å². The first-order valence-electron chi connectivity index (χ1n) is 12.6. The first-order chi connectivity index (χ1) is 17.0. The summed E-state index contributed by atoms with van der Waals surface area (Å²) >= 11 is 6.24. The molecule has 1 aliphatic carbocycles. The van der Waals surface area contributed by atoms with E-state index in [9.17, 15) is 20.3 Å². The van der Waals surface area contributed by atoms with E-state index in [0.29, 0.717) is 5.02 Å². The second kappa shape index (κ2) is 9.79. The second-order valence-electron chi connectivity index (χ2n) is 11.3. The lowest BCUT2D eigenvalue weighted by Gasteiger charge is -2.37. The number of carbonyl (C=O) groups is 1. The molecule has 1 amide bonds. The van der Waals surface area contributed by atoms with Crippen LogP contribution in [0.4, 0.5) is 0 Å². The van der Waals surface area contributed by atoms with Gasteiger partial charge in [0.1, 0.15) is 5.41 Å². The number of halogens is 1. The SMILES string of the molecule is CCc1cccc([C@H]2[C@H](C(=O)NC[C@H](O)CO)NC3(CC3C(C)(C)C)[C@]2(C#N)c2ccc(Cl)cc2)c1. The highest BCUT2D eigenvalue weighted by Gasteiger charge is 2.78. The number of nitrogens with one attached hydrogen (secondary N) is 2. The number of amides is 1. The topological polar surface area (TPSA) is 105 Å². The molecule has 2 unspecified atom stereocenters. The summed E-state index contributed by atoms with van der Waals surface area (Å²) in [7, 11) is 0. The van der Waals surface area contributed by atoms with Crippen molar-refractivity contribution in [2.45, 2.75) is 69.6 Å². The molecule has 2 fully saturated rings. The molecule has 2 aromatic carbocycles. The number of nitrogens with zero attached hydrogens (tertiary/aromatic N) is 1. The number of aryl methyl sites for hydroxylation is 1. The van der Waals surface area contributed by atoms with E-state index in [1.807, 2.05) is 36.4 Å². The van der Waals surface area contributed by atoms with Gasteiger partial charge in [0.25, 0.3) is 0 Å². The minimum absolute atomic E-state index is 0.0641. The normalized spacial score (nSPS) is 30.1. The van der Waals surface area contributed by atoms with Crippen LogP contribution in [-0.4, -0.2) is 47.0 Å². The summed E-state index contributed by atoms with van der Waals surface area (Å²) in [6.07, 6.45) is 0.551. The lowest BCUT2D eigenvalue weighted by Crippen LogP contribution is -2.49. The molecule has 4 rings (SSSR count). The van der Waals surface area contributed by atoms with Crippen LogP contribution >= 0.6 is 11.6 Å². The van der Waals surface area contributed by atoms with Gasteiger partial charge >= 0.3 is 0 Å². The zero-order valence-corrected chi connectivity index (χ0v) is 22.1. The highest BCUT2D eigenvalue weighted by atomic mass is 35.5. The van der Waals surface area contributed by atoms with E-state index in [2.05, 4.69) is 56.5 Å². The molecular weight excluding hydrogens is 474 g/mol. The molecule has 192 valence electrons. The smallest absolute Gasteiger partial charge is 0.237 e. The third-order valence-electron chi connectivity index (χ3n) is 8.12. The molecular formula is C29H36ClN3O3. The van der Waals surface area contributed by atoms with Crippen molar-refractivity contribution in [3.8, 4) is 6.07 Å². The van der Waals surface area contributed by atoms with Gasteiger partial charge in [-0.1, -0.05) is 75.7 Å². The van der Waals surface area contributed by atoms with E-state index in [0.717, 1.165) is 29.5 Å². The predicted molar refractivity (Wildman–Crippen MR) is 141 cm³/mol. The third-order valence-corrected chi connectivity index (χ3v) is 8.37. The van der Waals surface area contributed by atoms with Crippen molar-refractivity contribution >= 4 is 17.5 Å². The van der Waals surface area contributed by atoms with Crippen molar-refractivity contribution in [2.24, 2.45) is 11.3 Å². The maximum Gasteiger partial charge on any atom is 0.237 e. The summed E-state index contributed by atoms with van der Waals surface area (Å²) in [6.45, 7) is 8.11. The van der Waals surface area contributed by atoms with E-state index in [1.165, 1.54) is 0 Å². The van der Waals surface area contributed by atoms with Gasteiger partial charge in [-0.05, 0) is 53.0 Å². The van der Waals surface area contributed by atoms with E-state index in [4.69, 9.17) is 11.6 Å². The molecule has 7 heteroatoms. The Morgan fingerprint density at radius 2 is 1.97 bits per heavy atom. The number of rotatable bonds is 7. The molecule has 1 heterocycles. The Morgan fingerprint density at radius 3 is 2.53 bits per heavy atom. The molecule has 0 bridgehead atoms. The average Bonchev–Trinajstić information content (AvgIpc) is 3.53. The fraction of sp³-hybridized carbons (Fsp3) is 0.517. The summed E-state index contributed by atoms with van der Waals surface area (Å²) in [6, 6.07) is 17.6. The molecule has 36 heavy (non-hydrogen) atoms. The lowest BCUT2D eigenvalue weighted by atomic mass is 9.62. The van der Waals surface area contributed by atoms with Gasteiger partial charge in [0.2, 0.25) is 5.91 Å².